The van der Waals surface area contributed by atoms with Gasteiger partial charge in [0.15, 0.2) is 0 Å². The van der Waals surface area contributed by atoms with Gasteiger partial charge < -0.3 is 0 Å². The van der Waals surface area contributed by atoms with Crippen molar-refractivity contribution in [1.29, 1.82) is 0 Å². The Morgan fingerprint density at radius 1 is 0.667 bits per heavy atom. The molecule has 0 aliphatic rings. The minimum Gasteiger partial charge on any atom is -0.234 e. The number of nitrogens with zero attached hydrogens (tertiary/aromatic N) is 2. The second-order valence-electron chi connectivity index (χ2n) is 7.12. The van der Waals surface area contributed by atoms with Gasteiger partial charge in [0.25, 0.3) is 0 Å². The Balaban J connectivity index is 2.05. The summed E-state index contributed by atoms with van der Waals surface area (Å²) in [4.78, 5) is 0. The summed E-state index contributed by atoms with van der Waals surface area (Å²) in [6.45, 7) is 12.3. The van der Waals surface area contributed by atoms with Crippen molar-refractivity contribution in [1.82, 2.24) is 0 Å². The second-order valence-corrected chi connectivity index (χ2v) is 7.12. The van der Waals surface area contributed by atoms with Crippen LogP contribution in [-0.2, 0) is 0 Å². The van der Waals surface area contributed by atoms with Gasteiger partial charge >= 0.3 is 0 Å². The first-order valence-corrected chi connectivity index (χ1v) is 9.18. The summed E-state index contributed by atoms with van der Waals surface area (Å²) in [5.41, 5.74) is 9.20. The van der Waals surface area contributed by atoms with Crippen molar-refractivity contribution in [3.8, 4) is 0 Å². The highest BCUT2D eigenvalue weighted by molar-refractivity contribution is 5.82. The van der Waals surface area contributed by atoms with Crippen LogP contribution in [0.4, 0.5) is 11.4 Å². The van der Waals surface area contributed by atoms with Crippen LogP contribution in [0.3, 0.4) is 0 Å². The third kappa shape index (κ3) is 4.73. The van der Waals surface area contributed by atoms with Crippen LogP contribution in [0.25, 0.3) is 6.08 Å². The van der Waals surface area contributed by atoms with E-state index in [1.165, 1.54) is 22.3 Å². The zero-order chi connectivity index (χ0) is 19.4. The van der Waals surface area contributed by atoms with Gasteiger partial charge in [-0.2, -0.15) is 5.10 Å². The zero-order valence-corrected chi connectivity index (χ0v) is 16.5. The van der Waals surface area contributed by atoms with Crippen LogP contribution in [0.5, 0.6) is 0 Å². The van der Waals surface area contributed by atoms with Crippen LogP contribution >= 0.6 is 0 Å². The molecule has 3 aromatic rings. The first-order chi connectivity index (χ1) is 12.9. The van der Waals surface area contributed by atoms with Crippen LogP contribution in [0.15, 0.2) is 72.3 Å². The molecule has 0 bridgehead atoms. The van der Waals surface area contributed by atoms with Crippen molar-refractivity contribution in [2.45, 2.75) is 27.7 Å². The molecule has 0 unspecified atom stereocenters. The lowest BCUT2D eigenvalue weighted by Gasteiger charge is -2.21. The maximum Gasteiger partial charge on any atom is 0.0657 e. The van der Waals surface area contributed by atoms with Crippen LogP contribution < -0.4 is 5.01 Å². The number of aryl methyl sites for hydroxylation is 4. The van der Waals surface area contributed by atoms with E-state index >= 15 is 0 Å². The maximum absolute atomic E-state index is 4.84. The Morgan fingerprint density at radius 2 is 1.07 bits per heavy atom. The largest absolute Gasteiger partial charge is 0.234 e. The number of anilines is 2. The average molecular weight is 354 g/mol. The minimum absolute atomic E-state index is 1.05. The predicted octanol–water partition coefficient (Wildman–Crippen LogP) is 6.74. The third-order valence-corrected chi connectivity index (χ3v) is 4.40. The number of hydrazone groups is 1. The fraction of sp³-hybridized carbons (Fsp3) is 0.160. The summed E-state index contributed by atoms with van der Waals surface area (Å²) in [7, 11) is 0. The molecule has 136 valence electrons. The monoisotopic (exact) mass is 354 g/mol. The predicted molar refractivity (Wildman–Crippen MR) is 118 cm³/mol. The molecule has 0 heterocycles. The van der Waals surface area contributed by atoms with E-state index in [0.29, 0.717) is 0 Å². The summed E-state index contributed by atoms with van der Waals surface area (Å²) in [6, 6.07) is 21.3. The molecule has 0 aliphatic carbocycles. The lowest BCUT2D eigenvalue weighted by Crippen LogP contribution is -2.10. The summed E-state index contributed by atoms with van der Waals surface area (Å²) >= 11 is 0. The molecule has 0 saturated heterocycles. The molecule has 3 rings (SSSR count). The molecule has 0 spiro atoms. The first kappa shape index (κ1) is 18.7. The van der Waals surface area contributed by atoms with E-state index in [2.05, 4.69) is 82.8 Å². The van der Waals surface area contributed by atoms with Gasteiger partial charge in [0.2, 0.25) is 0 Å². The molecular weight excluding hydrogens is 328 g/mol. The summed E-state index contributed by atoms with van der Waals surface area (Å²) in [5, 5.41) is 6.85. The average Bonchev–Trinajstić information content (AvgIpc) is 2.61. The van der Waals surface area contributed by atoms with E-state index in [1.807, 2.05) is 29.4 Å². The smallest absolute Gasteiger partial charge is 0.0657 e. The highest BCUT2D eigenvalue weighted by atomic mass is 15.5. The summed E-state index contributed by atoms with van der Waals surface area (Å²) in [5.74, 6) is 0. The third-order valence-electron chi connectivity index (χ3n) is 4.40. The standard InChI is InChI=1S/C25H26N2/c1-6-22-7-9-23(10-8-22)17-26-27(24-13-18(2)11-19(3)14-24)25-15-20(4)12-21(5)16-25/h6-17H,1H2,2-5H3/b26-17+. The van der Waals surface area contributed by atoms with E-state index < -0.39 is 0 Å². The fourth-order valence-corrected chi connectivity index (χ4v) is 3.27. The van der Waals surface area contributed by atoms with Crippen molar-refractivity contribution < 1.29 is 0 Å². The van der Waals surface area contributed by atoms with E-state index in [9.17, 15) is 0 Å². The zero-order valence-electron chi connectivity index (χ0n) is 16.5. The molecule has 0 N–H and O–H groups in total. The molecule has 0 fully saturated rings. The summed E-state index contributed by atoms with van der Waals surface area (Å²) in [6.07, 6.45) is 3.75. The van der Waals surface area contributed by atoms with E-state index in [1.54, 1.807) is 0 Å². The Hall–Kier alpha value is -3.13. The van der Waals surface area contributed by atoms with Crippen molar-refractivity contribution in [3.05, 3.63) is 101 Å². The molecule has 0 atom stereocenters. The van der Waals surface area contributed by atoms with Gasteiger partial charge in [-0.1, -0.05) is 49.1 Å². The SMILES string of the molecule is C=Cc1ccc(/C=N/N(c2cc(C)cc(C)c2)c2cc(C)cc(C)c2)cc1. The number of hydrogen-bond acceptors (Lipinski definition) is 2. The lowest BCUT2D eigenvalue weighted by atomic mass is 10.1. The van der Waals surface area contributed by atoms with Gasteiger partial charge in [0, 0.05) is 0 Å². The van der Waals surface area contributed by atoms with Crippen molar-refractivity contribution in [2.24, 2.45) is 5.10 Å². The van der Waals surface area contributed by atoms with Crippen LogP contribution in [0, 0.1) is 27.7 Å². The van der Waals surface area contributed by atoms with Crippen LogP contribution in [0.1, 0.15) is 33.4 Å². The molecule has 0 aromatic heterocycles. The second kappa shape index (κ2) is 8.05. The van der Waals surface area contributed by atoms with Gasteiger partial charge in [0.05, 0.1) is 17.6 Å². The lowest BCUT2D eigenvalue weighted by molar-refractivity contribution is 1.08. The molecule has 2 nitrogen and oxygen atoms in total. The Bertz CT molecular complexity index is 890. The molecule has 2 heteroatoms. The minimum atomic E-state index is 1.05. The Kier molecular flexibility index (Phi) is 5.56. The topological polar surface area (TPSA) is 15.6 Å². The molecule has 3 aromatic carbocycles. The van der Waals surface area contributed by atoms with Gasteiger partial charge in [0.1, 0.15) is 0 Å². The Labute approximate surface area is 162 Å². The number of rotatable bonds is 5. The van der Waals surface area contributed by atoms with Gasteiger partial charge in [-0.15, -0.1) is 0 Å². The number of hydrogen-bond donors (Lipinski definition) is 0. The molecule has 0 saturated carbocycles. The quantitative estimate of drug-likeness (QED) is 0.366. The fourth-order valence-electron chi connectivity index (χ4n) is 3.27. The summed E-state index contributed by atoms with van der Waals surface area (Å²) < 4.78 is 0. The van der Waals surface area contributed by atoms with Gasteiger partial charge in [-0.3, -0.25) is 0 Å². The highest BCUT2D eigenvalue weighted by Gasteiger charge is 2.10. The highest BCUT2D eigenvalue weighted by Crippen LogP contribution is 2.29. The molecule has 0 amide bonds. The molecule has 0 aliphatic heterocycles. The number of benzene rings is 3. The molecule has 27 heavy (non-hydrogen) atoms. The first-order valence-electron chi connectivity index (χ1n) is 9.18. The van der Waals surface area contributed by atoms with Gasteiger partial charge in [-0.05, 0) is 85.3 Å². The van der Waals surface area contributed by atoms with Crippen LogP contribution in [0.2, 0.25) is 0 Å². The molecule has 0 radical (unpaired) electrons. The normalized spacial score (nSPS) is 11.0. The van der Waals surface area contributed by atoms with Crippen molar-refractivity contribution in [3.63, 3.8) is 0 Å². The molecular formula is C25H26N2. The van der Waals surface area contributed by atoms with Crippen molar-refractivity contribution in [2.75, 3.05) is 5.01 Å². The van der Waals surface area contributed by atoms with E-state index in [4.69, 9.17) is 5.10 Å². The van der Waals surface area contributed by atoms with E-state index in [0.717, 1.165) is 22.5 Å². The van der Waals surface area contributed by atoms with Gasteiger partial charge in [-0.25, -0.2) is 5.01 Å². The van der Waals surface area contributed by atoms with Crippen LogP contribution in [-0.4, -0.2) is 6.21 Å². The van der Waals surface area contributed by atoms with Crippen molar-refractivity contribution >= 4 is 23.7 Å². The Morgan fingerprint density at radius 3 is 1.48 bits per heavy atom. The maximum atomic E-state index is 4.84. The van der Waals surface area contributed by atoms with E-state index in [-0.39, 0.29) is 0 Å².